The minimum Gasteiger partial charge on any atom is -0.480 e. The zero-order valence-electron chi connectivity index (χ0n) is 16.7. The minimum atomic E-state index is -1.02. The average molecular weight is 412 g/mol. The molecular weight excluding hydrogens is 389 g/mol. The van der Waals surface area contributed by atoms with Crippen molar-refractivity contribution in [3.05, 3.63) is 35.9 Å². The Balaban J connectivity index is 0.00000280. The van der Waals surface area contributed by atoms with Crippen LogP contribution in [0.5, 0.6) is 0 Å². The standard InChI is InChI=1S/C19H23N3O4S.Na/c1-19(2)15(18(25)26)22-16(24)14(17(22)27-19)20-13(23)10-7-11-5-8-12(9-6-11)21(3)4;/h5-10,14-15,17H,1-4H3,(H,20,23)(H,25,26);/t14-,15+,17-;/m1./s1. The second kappa shape index (κ2) is 8.49. The van der Waals surface area contributed by atoms with E-state index in [9.17, 15) is 19.5 Å². The van der Waals surface area contributed by atoms with E-state index in [4.69, 9.17) is 0 Å². The van der Waals surface area contributed by atoms with Crippen LogP contribution in [-0.4, -0.2) is 93.6 Å². The van der Waals surface area contributed by atoms with Crippen molar-refractivity contribution >= 4 is 70.9 Å². The van der Waals surface area contributed by atoms with Crippen molar-refractivity contribution in [3.63, 3.8) is 0 Å². The summed E-state index contributed by atoms with van der Waals surface area (Å²) in [6, 6.07) is 6.15. The number of β-lactam (4-membered cyclic amide) rings is 1. The van der Waals surface area contributed by atoms with Crippen LogP contribution < -0.4 is 10.2 Å². The predicted octanol–water partition coefficient (Wildman–Crippen LogP) is 1.02. The molecule has 3 atom stereocenters. The Bertz CT molecular complexity index is 810. The molecule has 1 aromatic carbocycles. The molecule has 1 radical (unpaired) electrons. The number of hydrogen-bond donors (Lipinski definition) is 2. The van der Waals surface area contributed by atoms with Crippen LogP contribution >= 0.6 is 11.8 Å². The number of benzene rings is 1. The molecule has 0 bridgehead atoms. The van der Waals surface area contributed by atoms with Gasteiger partial charge in [-0.1, -0.05) is 12.1 Å². The van der Waals surface area contributed by atoms with Crippen LogP contribution in [-0.2, 0) is 14.4 Å². The Morgan fingerprint density at radius 2 is 1.86 bits per heavy atom. The summed E-state index contributed by atoms with van der Waals surface area (Å²) < 4.78 is -0.602. The van der Waals surface area contributed by atoms with Crippen LogP contribution in [0.3, 0.4) is 0 Å². The fourth-order valence-electron chi connectivity index (χ4n) is 3.40. The van der Waals surface area contributed by atoms with Gasteiger partial charge >= 0.3 is 5.97 Å². The number of carboxylic acids is 1. The van der Waals surface area contributed by atoms with Gasteiger partial charge in [0.25, 0.3) is 0 Å². The molecule has 0 saturated carbocycles. The van der Waals surface area contributed by atoms with E-state index >= 15 is 0 Å². The number of carbonyl (C=O) groups excluding carboxylic acids is 2. The van der Waals surface area contributed by atoms with Crippen molar-refractivity contribution in [1.82, 2.24) is 10.2 Å². The molecule has 28 heavy (non-hydrogen) atoms. The summed E-state index contributed by atoms with van der Waals surface area (Å²) in [5.41, 5.74) is 1.94. The Hall–Kier alpha value is -1.48. The molecule has 2 N–H and O–H groups in total. The second-order valence-corrected chi connectivity index (χ2v) is 9.17. The molecule has 3 rings (SSSR count). The van der Waals surface area contributed by atoms with Gasteiger partial charge in [0.15, 0.2) is 0 Å². The van der Waals surface area contributed by atoms with Crippen molar-refractivity contribution in [2.45, 2.75) is 36.1 Å². The van der Waals surface area contributed by atoms with E-state index in [1.807, 2.05) is 43.3 Å². The molecule has 0 aliphatic carbocycles. The van der Waals surface area contributed by atoms with Crippen LogP contribution in [0, 0.1) is 0 Å². The van der Waals surface area contributed by atoms with Gasteiger partial charge in [-0.3, -0.25) is 9.59 Å². The third kappa shape index (κ3) is 4.25. The normalized spacial score (nSPS) is 24.9. The van der Waals surface area contributed by atoms with E-state index in [1.165, 1.54) is 22.7 Å². The Kier molecular flexibility index (Phi) is 6.91. The van der Waals surface area contributed by atoms with Crippen LogP contribution in [0.4, 0.5) is 5.69 Å². The van der Waals surface area contributed by atoms with Gasteiger partial charge in [0, 0.05) is 60.2 Å². The summed E-state index contributed by atoms with van der Waals surface area (Å²) in [5.74, 6) is -1.74. The summed E-state index contributed by atoms with van der Waals surface area (Å²) in [6.45, 7) is 3.61. The number of carboxylic acid groups (broad SMARTS) is 1. The van der Waals surface area contributed by atoms with Crippen molar-refractivity contribution in [2.24, 2.45) is 0 Å². The number of hydrogen-bond acceptors (Lipinski definition) is 5. The van der Waals surface area contributed by atoms with Gasteiger partial charge in [-0.25, -0.2) is 4.79 Å². The van der Waals surface area contributed by atoms with Crippen molar-refractivity contribution in [3.8, 4) is 0 Å². The molecule has 7 nitrogen and oxygen atoms in total. The van der Waals surface area contributed by atoms with Crippen LogP contribution in [0.15, 0.2) is 30.3 Å². The Morgan fingerprint density at radius 3 is 2.39 bits per heavy atom. The number of aliphatic carboxylic acids is 1. The summed E-state index contributed by atoms with van der Waals surface area (Å²) in [4.78, 5) is 39.4. The van der Waals surface area contributed by atoms with Crippen LogP contribution in [0.25, 0.3) is 6.08 Å². The number of carbonyl (C=O) groups is 3. The second-order valence-electron chi connectivity index (χ2n) is 7.40. The van der Waals surface area contributed by atoms with Gasteiger partial charge in [0.2, 0.25) is 11.8 Å². The number of thioether (sulfide) groups is 1. The fourth-order valence-corrected chi connectivity index (χ4v) is 5.03. The fraction of sp³-hybridized carbons (Fsp3) is 0.421. The molecule has 2 aliphatic rings. The number of anilines is 1. The first kappa shape index (κ1) is 22.8. The first-order valence-electron chi connectivity index (χ1n) is 8.60. The van der Waals surface area contributed by atoms with E-state index < -0.39 is 22.8 Å². The van der Waals surface area contributed by atoms with E-state index in [0.717, 1.165) is 11.3 Å². The smallest absolute Gasteiger partial charge is 0.327 e. The molecule has 9 heteroatoms. The predicted molar refractivity (Wildman–Crippen MR) is 111 cm³/mol. The molecule has 0 unspecified atom stereocenters. The number of fused-ring (bicyclic) bond motifs is 1. The molecule has 2 fully saturated rings. The van der Waals surface area contributed by atoms with Crippen LogP contribution in [0.2, 0.25) is 0 Å². The van der Waals surface area contributed by atoms with E-state index in [2.05, 4.69) is 5.32 Å². The molecule has 145 valence electrons. The summed E-state index contributed by atoms with van der Waals surface area (Å²) >= 11 is 1.41. The number of nitrogens with zero attached hydrogens (tertiary/aromatic N) is 2. The van der Waals surface area contributed by atoms with Gasteiger partial charge in [0.05, 0.1) is 0 Å². The number of amides is 2. The molecule has 2 saturated heterocycles. The monoisotopic (exact) mass is 412 g/mol. The van der Waals surface area contributed by atoms with Gasteiger partial charge in [0.1, 0.15) is 17.5 Å². The summed E-state index contributed by atoms with van der Waals surface area (Å²) in [7, 11) is 3.91. The van der Waals surface area contributed by atoms with Gasteiger partial charge in [-0.15, -0.1) is 11.8 Å². The molecule has 1 aromatic rings. The first-order chi connectivity index (χ1) is 12.6. The maximum absolute atomic E-state index is 12.4. The molecule has 2 heterocycles. The molecule has 0 aromatic heterocycles. The number of rotatable bonds is 5. The summed E-state index contributed by atoms with van der Waals surface area (Å²) in [5, 5.41) is 11.8. The van der Waals surface area contributed by atoms with Crippen molar-refractivity contribution < 1.29 is 19.5 Å². The van der Waals surface area contributed by atoms with Crippen LogP contribution in [0.1, 0.15) is 19.4 Å². The van der Waals surface area contributed by atoms with E-state index in [-0.39, 0.29) is 46.7 Å². The Labute approximate surface area is 190 Å². The van der Waals surface area contributed by atoms with Gasteiger partial charge in [-0.2, -0.15) is 0 Å². The third-order valence-corrected chi connectivity index (χ3v) is 6.38. The maximum Gasteiger partial charge on any atom is 0.327 e. The third-order valence-electron chi connectivity index (χ3n) is 4.81. The van der Waals surface area contributed by atoms with Crippen molar-refractivity contribution in [2.75, 3.05) is 19.0 Å². The largest absolute Gasteiger partial charge is 0.480 e. The van der Waals surface area contributed by atoms with Gasteiger partial charge in [-0.05, 0) is 37.6 Å². The first-order valence-corrected chi connectivity index (χ1v) is 9.48. The SMILES string of the molecule is CN(C)c1ccc(C=CC(=O)N[C@@H]2C(=O)N3[C@@H]2SC(C)(C)[C@@H]3C(=O)O)cc1.[Na]. The van der Waals surface area contributed by atoms with E-state index in [0.29, 0.717) is 0 Å². The van der Waals surface area contributed by atoms with Gasteiger partial charge < -0.3 is 20.2 Å². The number of nitrogens with one attached hydrogen (secondary N) is 1. The Morgan fingerprint density at radius 1 is 1.25 bits per heavy atom. The molecule has 0 spiro atoms. The molecule has 2 amide bonds. The molecule has 2 aliphatic heterocycles. The van der Waals surface area contributed by atoms with Crippen molar-refractivity contribution in [1.29, 1.82) is 0 Å². The zero-order valence-corrected chi connectivity index (χ0v) is 19.5. The quantitative estimate of drug-likeness (QED) is 0.426. The van der Waals surface area contributed by atoms with E-state index in [1.54, 1.807) is 19.9 Å². The summed E-state index contributed by atoms with van der Waals surface area (Å²) in [6.07, 6.45) is 3.07. The minimum absolute atomic E-state index is 0. The maximum atomic E-state index is 12.4. The topological polar surface area (TPSA) is 90.0 Å². The zero-order chi connectivity index (χ0) is 19.9. The average Bonchev–Trinajstić information content (AvgIpc) is 2.86. The molecular formula is C19H23N3NaO4S.